The van der Waals surface area contributed by atoms with Crippen molar-refractivity contribution >= 4 is 29.0 Å². The summed E-state index contributed by atoms with van der Waals surface area (Å²) in [5.41, 5.74) is 2.84. The Bertz CT molecular complexity index is 1760. The summed E-state index contributed by atoms with van der Waals surface area (Å²) in [7, 11) is 3.15. The van der Waals surface area contributed by atoms with E-state index in [1.807, 2.05) is 73.7 Å². The van der Waals surface area contributed by atoms with Crippen LogP contribution >= 0.6 is 11.3 Å². The van der Waals surface area contributed by atoms with E-state index in [0.717, 1.165) is 11.1 Å². The largest absolute Gasteiger partial charge is 0.497 e. The molecule has 1 N–H and O–H groups in total. The third-order valence-corrected chi connectivity index (χ3v) is 7.51. The van der Waals surface area contributed by atoms with Crippen molar-refractivity contribution in [3.8, 4) is 17.2 Å². The van der Waals surface area contributed by atoms with Crippen LogP contribution in [0.2, 0.25) is 0 Å². The van der Waals surface area contributed by atoms with Crippen LogP contribution in [0.4, 0.5) is 5.69 Å². The van der Waals surface area contributed by atoms with Crippen molar-refractivity contribution in [2.45, 2.75) is 19.9 Å². The highest BCUT2D eigenvalue weighted by Crippen LogP contribution is 2.32. The van der Waals surface area contributed by atoms with Gasteiger partial charge in [-0.2, -0.15) is 0 Å². The smallest absolute Gasteiger partial charge is 0.271 e. The third-order valence-electron chi connectivity index (χ3n) is 6.53. The molecule has 9 heteroatoms. The van der Waals surface area contributed by atoms with Gasteiger partial charge in [-0.1, -0.05) is 41.7 Å². The van der Waals surface area contributed by atoms with Gasteiger partial charge in [0.05, 0.1) is 42.7 Å². The Kier molecular flexibility index (Phi) is 7.84. The molecule has 1 aromatic heterocycles. The molecule has 0 fully saturated rings. The van der Waals surface area contributed by atoms with Crippen LogP contribution in [0.25, 0.3) is 6.08 Å². The number of hydrogen-bond acceptors (Lipinski definition) is 7. The highest BCUT2D eigenvalue weighted by molar-refractivity contribution is 7.07. The number of aromatic nitrogens is 1. The Hall–Kier alpha value is -4.63. The molecule has 0 aliphatic carbocycles. The van der Waals surface area contributed by atoms with Crippen LogP contribution in [0.3, 0.4) is 0 Å². The molecule has 0 spiro atoms. The fourth-order valence-electron chi connectivity index (χ4n) is 4.64. The first-order valence-corrected chi connectivity index (χ1v) is 13.6. The molecule has 0 unspecified atom stereocenters. The minimum absolute atomic E-state index is 0.252. The quantitative estimate of drug-likeness (QED) is 0.350. The van der Waals surface area contributed by atoms with Gasteiger partial charge in [0.15, 0.2) is 4.80 Å². The first-order chi connectivity index (χ1) is 19.4. The number of methoxy groups -OCH3 is 2. The maximum absolute atomic E-state index is 14.0. The predicted molar refractivity (Wildman–Crippen MR) is 156 cm³/mol. The van der Waals surface area contributed by atoms with E-state index in [0.29, 0.717) is 50.1 Å². The van der Waals surface area contributed by atoms with Crippen molar-refractivity contribution in [2.75, 3.05) is 26.1 Å². The Balaban J connectivity index is 1.66. The van der Waals surface area contributed by atoms with Crippen molar-refractivity contribution in [2.24, 2.45) is 4.99 Å². The van der Waals surface area contributed by atoms with E-state index in [-0.39, 0.29) is 11.5 Å². The van der Waals surface area contributed by atoms with E-state index in [2.05, 4.69) is 5.32 Å². The number of para-hydroxylation sites is 1. The molecule has 1 aliphatic heterocycles. The molecule has 2 heterocycles. The lowest BCUT2D eigenvalue weighted by molar-refractivity contribution is -0.113. The molecule has 3 aromatic carbocycles. The van der Waals surface area contributed by atoms with Crippen LogP contribution in [0.1, 0.15) is 31.0 Å². The third kappa shape index (κ3) is 5.28. The molecule has 204 valence electrons. The predicted octanol–water partition coefficient (Wildman–Crippen LogP) is 4.29. The summed E-state index contributed by atoms with van der Waals surface area (Å²) < 4.78 is 18.5. The lowest BCUT2D eigenvalue weighted by Crippen LogP contribution is -2.40. The molecular weight excluding hydrogens is 526 g/mol. The summed E-state index contributed by atoms with van der Waals surface area (Å²) >= 11 is 1.27. The maximum atomic E-state index is 14.0. The first-order valence-electron chi connectivity index (χ1n) is 12.8. The summed E-state index contributed by atoms with van der Waals surface area (Å²) in [4.78, 5) is 32.9. The fourth-order valence-corrected chi connectivity index (χ4v) is 5.68. The molecule has 0 radical (unpaired) electrons. The number of thiazole rings is 1. The molecule has 0 saturated carbocycles. The number of hydrogen-bond donors (Lipinski definition) is 1. The average Bonchev–Trinajstić information content (AvgIpc) is 3.27. The number of fused-ring (bicyclic) bond motifs is 1. The molecule has 40 heavy (non-hydrogen) atoms. The minimum atomic E-state index is -0.685. The number of allylic oxidation sites excluding steroid dienone is 1. The number of benzene rings is 3. The van der Waals surface area contributed by atoms with Gasteiger partial charge in [-0.25, -0.2) is 4.99 Å². The number of ether oxygens (including phenoxy) is 3. The van der Waals surface area contributed by atoms with Crippen LogP contribution in [-0.2, 0) is 4.79 Å². The summed E-state index contributed by atoms with van der Waals surface area (Å²) in [5.74, 6) is 1.61. The Labute approximate surface area is 235 Å². The van der Waals surface area contributed by atoms with Gasteiger partial charge in [0.25, 0.3) is 11.5 Å². The molecule has 1 amide bonds. The number of carbonyl (C=O) groups excluding carboxylic acids is 1. The number of anilines is 1. The van der Waals surface area contributed by atoms with Gasteiger partial charge in [-0.3, -0.25) is 14.2 Å². The van der Waals surface area contributed by atoms with E-state index in [1.54, 1.807) is 37.9 Å². The second-order valence-electron chi connectivity index (χ2n) is 9.01. The van der Waals surface area contributed by atoms with Crippen molar-refractivity contribution in [3.63, 3.8) is 0 Å². The van der Waals surface area contributed by atoms with Crippen LogP contribution < -0.4 is 34.4 Å². The second kappa shape index (κ2) is 11.6. The fraction of sp³-hybridized carbons (Fsp3) is 0.194. The zero-order chi connectivity index (χ0) is 28.2. The van der Waals surface area contributed by atoms with E-state index in [9.17, 15) is 9.59 Å². The standard InChI is InChI=1S/C31H29N3O5S/c1-5-39-23-14-11-20(12-15-23)28-27(29(35)33-22-9-7-6-8-10-22)19(2)32-31-34(28)30(36)26(40-31)17-21-13-16-24(37-3)18-25(21)38-4/h6-18,28H,5H2,1-4H3,(H,33,35)/b26-17-/t28-/m0/s1. The topological polar surface area (TPSA) is 91.2 Å². The summed E-state index contributed by atoms with van der Waals surface area (Å²) in [6.45, 7) is 4.25. The van der Waals surface area contributed by atoms with Crippen molar-refractivity contribution in [3.05, 3.63) is 115 Å². The van der Waals surface area contributed by atoms with Gasteiger partial charge >= 0.3 is 0 Å². The number of nitrogens with zero attached hydrogens (tertiary/aromatic N) is 2. The van der Waals surface area contributed by atoms with E-state index in [1.165, 1.54) is 11.3 Å². The zero-order valence-corrected chi connectivity index (χ0v) is 23.5. The summed E-state index contributed by atoms with van der Waals surface area (Å²) in [6, 6.07) is 21.4. The van der Waals surface area contributed by atoms with E-state index in [4.69, 9.17) is 19.2 Å². The van der Waals surface area contributed by atoms with E-state index >= 15 is 0 Å². The molecule has 4 aromatic rings. The highest BCUT2D eigenvalue weighted by Gasteiger charge is 2.32. The number of nitrogens with one attached hydrogen (secondary N) is 1. The lowest BCUT2D eigenvalue weighted by atomic mass is 9.95. The SMILES string of the molecule is CCOc1ccc([C@H]2C(C(=O)Nc3ccccc3)=C(C)N=c3s/c(=C\c4ccc(OC)cc4OC)c(=O)n32)cc1. The van der Waals surface area contributed by atoms with Gasteiger partial charge in [-0.05, 0) is 61.9 Å². The molecule has 0 bridgehead atoms. The van der Waals surface area contributed by atoms with Gasteiger partial charge in [-0.15, -0.1) is 0 Å². The van der Waals surface area contributed by atoms with Gasteiger partial charge in [0.2, 0.25) is 0 Å². The molecule has 8 nitrogen and oxygen atoms in total. The van der Waals surface area contributed by atoms with Gasteiger partial charge in [0.1, 0.15) is 17.2 Å². The molecule has 1 aliphatic rings. The average molecular weight is 556 g/mol. The van der Waals surface area contributed by atoms with Crippen LogP contribution in [0.5, 0.6) is 17.2 Å². The number of rotatable bonds is 8. The molecule has 0 saturated heterocycles. The minimum Gasteiger partial charge on any atom is -0.497 e. The van der Waals surface area contributed by atoms with E-state index < -0.39 is 6.04 Å². The lowest BCUT2D eigenvalue weighted by Gasteiger charge is -2.25. The summed E-state index contributed by atoms with van der Waals surface area (Å²) in [5, 5.41) is 2.97. The Morgan fingerprint density at radius 3 is 2.42 bits per heavy atom. The second-order valence-corrected chi connectivity index (χ2v) is 10.0. The monoisotopic (exact) mass is 555 g/mol. The zero-order valence-electron chi connectivity index (χ0n) is 22.6. The molecular formula is C31H29N3O5S. The number of amides is 1. The first kappa shape index (κ1) is 27.0. The maximum Gasteiger partial charge on any atom is 0.271 e. The van der Waals surface area contributed by atoms with Gasteiger partial charge in [0, 0.05) is 17.3 Å². The molecule has 5 rings (SSSR count). The Morgan fingerprint density at radius 1 is 1.02 bits per heavy atom. The molecule has 1 atom stereocenters. The van der Waals surface area contributed by atoms with Crippen molar-refractivity contribution in [1.82, 2.24) is 4.57 Å². The highest BCUT2D eigenvalue weighted by atomic mass is 32.1. The van der Waals surface area contributed by atoms with Gasteiger partial charge < -0.3 is 19.5 Å². The normalized spacial score (nSPS) is 14.8. The Morgan fingerprint density at radius 2 is 1.75 bits per heavy atom. The summed E-state index contributed by atoms with van der Waals surface area (Å²) in [6.07, 6.45) is 1.78. The van der Waals surface area contributed by atoms with Crippen molar-refractivity contribution in [1.29, 1.82) is 0 Å². The van der Waals surface area contributed by atoms with Crippen molar-refractivity contribution < 1.29 is 19.0 Å². The number of carbonyl (C=O) groups is 1. The van der Waals surface area contributed by atoms with Crippen LogP contribution in [0, 0.1) is 0 Å². The van der Waals surface area contributed by atoms with Crippen LogP contribution in [-0.4, -0.2) is 31.3 Å². The van der Waals surface area contributed by atoms with Crippen LogP contribution in [0.15, 0.2) is 93.9 Å².